The third-order valence-electron chi connectivity index (χ3n) is 4.15. The van der Waals surface area contributed by atoms with E-state index in [1.54, 1.807) is 48.0 Å². The molecule has 1 atom stereocenters. The average molecular weight is 393 g/mol. The van der Waals surface area contributed by atoms with Crippen LogP contribution in [0.5, 0.6) is 0 Å². The van der Waals surface area contributed by atoms with Gasteiger partial charge in [-0.15, -0.1) is 12.4 Å². The molecule has 0 bridgehead atoms. The molecule has 0 aliphatic carbocycles. The Labute approximate surface area is 163 Å². The molecule has 0 radical (unpaired) electrons. The van der Waals surface area contributed by atoms with Crippen molar-refractivity contribution in [3.63, 3.8) is 0 Å². The maximum absolute atomic E-state index is 13.1. The normalized spacial score (nSPS) is 11.7. The minimum absolute atomic E-state index is 0. The molecule has 0 saturated heterocycles. The number of carbonyl (C=O) groups excluding carboxylic acids is 1. The number of nitrogens with one attached hydrogen (secondary N) is 2. The van der Waals surface area contributed by atoms with Crippen molar-refractivity contribution >= 4 is 18.3 Å². The first kappa shape index (κ1) is 20.6. The smallest absolute Gasteiger partial charge is 0.242 e. The van der Waals surface area contributed by atoms with E-state index in [-0.39, 0.29) is 24.1 Å². The highest BCUT2D eigenvalue weighted by Gasteiger charge is 2.20. The number of hydrogen-bond acceptors (Lipinski definition) is 4. The van der Waals surface area contributed by atoms with Crippen LogP contribution in [0.15, 0.2) is 42.9 Å². The topological polar surface area (TPSA) is 76.8 Å². The van der Waals surface area contributed by atoms with E-state index in [1.807, 2.05) is 13.1 Å². The Morgan fingerprint density at radius 2 is 1.96 bits per heavy atom. The molecule has 1 unspecified atom stereocenters. The molecule has 144 valence electrons. The van der Waals surface area contributed by atoms with Gasteiger partial charge < -0.3 is 10.6 Å². The summed E-state index contributed by atoms with van der Waals surface area (Å²) < 4.78 is 16.4. The molecule has 0 aliphatic rings. The van der Waals surface area contributed by atoms with Crippen LogP contribution in [0.25, 0.3) is 5.69 Å². The van der Waals surface area contributed by atoms with E-state index in [9.17, 15) is 9.18 Å². The predicted octanol–water partition coefficient (Wildman–Crippen LogP) is 2.05. The fraction of sp³-hybridized carbons (Fsp3) is 0.278. The summed E-state index contributed by atoms with van der Waals surface area (Å²) >= 11 is 0. The molecule has 2 aromatic heterocycles. The molecule has 3 aromatic rings. The summed E-state index contributed by atoms with van der Waals surface area (Å²) in [5.74, 6) is -0.437. The molecule has 0 fully saturated rings. The summed E-state index contributed by atoms with van der Waals surface area (Å²) in [6.45, 7) is 2.22. The van der Waals surface area contributed by atoms with Crippen molar-refractivity contribution in [2.45, 2.75) is 19.5 Å². The zero-order chi connectivity index (χ0) is 18.7. The first-order valence-corrected chi connectivity index (χ1v) is 8.22. The van der Waals surface area contributed by atoms with Gasteiger partial charge in [0.05, 0.1) is 17.6 Å². The summed E-state index contributed by atoms with van der Waals surface area (Å²) in [4.78, 5) is 12.5. The second kappa shape index (κ2) is 8.79. The monoisotopic (exact) mass is 392 g/mol. The lowest BCUT2D eigenvalue weighted by atomic mass is 10.1. The van der Waals surface area contributed by atoms with Crippen LogP contribution >= 0.6 is 12.4 Å². The van der Waals surface area contributed by atoms with Gasteiger partial charge in [0.2, 0.25) is 5.91 Å². The van der Waals surface area contributed by atoms with Gasteiger partial charge in [0.1, 0.15) is 11.9 Å². The molecule has 1 amide bonds. The Bertz CT molecular complexity index is 905. The number of aryl methyl sites for hydroxylation is 2. The fourth-order valence-corrected chi connectivity index (χ4v) is 2.72. The number of benzene rings is 1. The molecule has 0 aliphatic heterocycles. The lowest BCUT2D eigenvalue weighted by Gasteiger charge is -2.14. The highest BCUT2D eigenvalue weighted by molar-refractivity contribution is 5.85. The van der Waals surface area contributed by atoms with E-state index in [0.29, 0.717) is 6.54 Å². The van der Waals surface area contributed by atoms with Gasteiger partial charge in [0.25, 0.3) is 0 Å². The quantitative estimate of drug-likeness (QED) is 0.673. The summed E-state index contributed by atoms with van der Waals surface area (Å²) in [6.07, 6.45) is 5.30. The van der Waals surface area contributed by atoms with Crippen molar-refractivity contribution in [1.82, 2.24) is 30.2 Å². The second-order valence-electron chi connectivity index (χ2n) is 6.05. The van der Waals surface area contributed by atoms with Crippen LogP contribution in [0.3, 0.4) is 0 Å². The van der Waals surface area contributed by atoms with Crippen LogP contribution in [-0.2, 0) is 18.4 Å². The van der Waals surface area contributed by atoms with Crippen molar-refractivity contribution in [2.75, 3.05) is 7.05 Å². The van der Waals surface area contributed by atoms with Crippen molar-refractivity contribution in [1.29, 1.82) is 0 Å². The summed E-state index contributed by atoms with van der Waals surface area (Å²) in [5.41, 5.74) is 3.25. The van der Waals surface area contributed by atoms with Crippen LogP contribution in [0, 0.1) is 12.7 Å². The molecule has 7 nitrogen and oxygen atoms in total. The van der Waals surface area contributed by atoms with Crippen molar-refractivity contribution in [3.8, 4) is 5.69 Å². The zero-order valence-electron chi connectivity index (χ0n) is 15.3. The summed E-state index contributed by atoms with van der Waals surface area (Å²) in [6, 6.07) is 5.61. The van der Waals surface area contributed by atoms with Gasteiger partial charge in [-0.1, -0.05) is 0 Å². The first-order valence-electron chi connectivity index (χ1n) is 8.22. The van der Waals surface area contributed by atoms with E-state index >= 15 is 0 Å². The number of amides is 1. The molecular formula is C18H22ClFN6O. The number of nitrogens with zero attached hydrogens (tertiary/aromatic N) is 4. The van der Waals surface area contributed by atoms with Gasteiger partial charge in [-0.05, 0) is 38.2 Å². The van der Waals surface area contributed by atoms with Crippen LogP contribution in [0.4, 0.5) is 4.39 Å². The minimum atomic E-state index is -0.476. The van der Waals surface area contributed by atoms with Gasteiger partial charge in [0, 0.05) is 37.1 Å². The van der Waals surface area contributed by atoms with Crippen LogP contribution < -0.4 is 10.6 Å². The molecule has 2 heterocycles. The number of halogens is 2. The number of hydrogen-bond donors (Lipinski definition) is 2. The van der Waals surface area contributed by atoms with E-state index in [0.717, 1.165) is 22.5 Å². The maximum Gasteiger partial charge on any atom is 0.242 e. The molecule has 1 aromatic carbocycles. The first-order chi connectivity index (χ1) is 12.5. The van der Waals surface area contributed by atoms with Crippen LogP contribution in [0.2, 0.25) is 0 Å². The highest BCUT2D eigenvalue weighted by Crippen LogP contribution is 2.14. The Morgan fingerprint density at radius 1 is 1.26 bits per heavy atom. The SMILES string of the molecule is CNC(C(=O)NCc1cn(-c2ccc(F)cc2)nc1C)c1cnn(C)c1.Cl. The molecule has 0 saturated carbocycles. The standard InChI is InChI=1S/C18H21FN6O.ClH/c1-12-13(11-25(23-12)16-6-4-15(19)5-7-16)8-21-18(26)17(20-2)14-9-22-24(3)10-14;/h4-7,9-11,17,20H,8H2,1-3H3,(H,21,26);1H. The highest BCUT2D eigenvalue weighted by atomic mass is 35.5. The van der Waals surface area contributed by atoms with Gasteiger partial charge in [0.15, 0.2) is 0 Å². The third kappa shape index (κ3) is 4.72. The molecule has 9 heteroatoms. The van der Waals surface area contributed by atoms with Gasteiger partial charge >= 0.3 is 0 Å². The number of likely N-dealkylation sites (N-methyl/N-ethyl adjacent to an activating group) is 1. The molecule has 3 rings (SSSR count). The van der Waals surface area contributed by atoms with Crippen molar-refractivity contribution in [2.24, 2.45) is 7.05 Å². The second-order valence-corrected chi connectivity index (χ2v) is 6.05. The van der Waals surface area contributed by atoms with Crippen molar-refractivity contribution in [3.05, 3.63) is 65.5 Å². The Kier molecular flexibility index (Phi) is 6.70. The van der Waals surface area contributed by atoms with Gasteiger partial charge in [-0.2, -0.15) is 10.2 Å². The van der Waals surface area contributed by atoms with Gasteiger partial charge in [-0.3, -0.25) is 9.48 Å². The van der Waals surface area contributed by atoms with E-state index in [2.05, 4.69) is 20.8 Å². The maximum atomic E-state index is 13.1. The zero-order valence-corrected chi connectivity index (χ0v) is 16.1. The van der Waals surface area contributed by atoms with E-state index in [4.69, 9.17) is 0 Å². The van der Waals surface area contributed by atoms with Crippen molar-refractivity contribution < 1.29 is 9.18 Å². The largest absolute Gasteiger partial charge is 0.350 e. The van der Waals surface area contributed by atoms with E-state index < -0.39 is 6.04 Å². The van der Waals surface area contributed by atoms with Crippen LogP contribution in [0.1, 0.15) is 22.9 Å². The van der Waals surface area contributed by atoms with Crippen LogP contribution in [-0.4, -0.2) is 32.5 Å². The Balaban J connectivity index is 0.00000261. The molecular weight excluding hydrogens is 371 g/mol. The van der Waals surface area contributed by atoms with Gasteiger partial charge in [-0.25, -0.2) is 9.07 Å². The molecule has 2 N–H and O–H groups in total. The lowest BCUT2D eigenvalue weighted by molar-refractivity contribution is -0.123. The minimum Gasteiger partial charge on any atom is -0.350 e. The average Bonchev–Trinajstić information content (AvgIpc) is 3.20. The Hall–Kier alpha value is -2.71. The number of aromatic nitrogens is 4. The summed E-state index contributed by atoms with van der Waals surface area (Å²) in [7, 11) is 3.54. The lowest BCUT2D eigenvalue weighted by Crippen LogP contribution is -2.35. The number of rotatable bonds is 6. The third-order valence-corrected chi connectivity index (χ3v) is 4.15. The predicted molar refractivity (Wildman–Crippen MR) is 102 cm³/mol. The van der Waals surface area contributed by atoms with E-state index in [1.165, 1.54) is 12.1 Å². The molecule has 0 spiro atoms. The fourth-order valence-electron chi connectivity index (χ4n) is 2.72. The number of carbonyl (C=O) groups is 1. The summed E-state index contributed by atoms with van der Waals surface area (Å²) in [5, 5.41) is 14.4. The Morgan fingerprint density at radius 3 is 2.56 bits per heavy atom. The molecule has 27 heavy (non-hydrogen) atoms.